The molecule has 2 saturated carbocycles. The summed E-state index contributed by atoms with van der Waals surface area (Å²) in [6.45, 7) is 9.85. The third kappa shape index (κ3) is 7.04. The molecule has 4 aliphatic rings. The molecule has 0 bridgehead atoms. The van der Waals surface area contributed by atoms with E-state index in [-0.39, 0.29) is 49.7 Å². The van der Waals surface area contributed by atoms with E-state index < -0.39 is 44.3 Å². The van der Waals surface area contributed by atoms with Crippen molar-refractivity contribution in [2.45, 2.75) is 115 Å². The molecule has 48 heavy (non-hydrogen) atoms. The summed E-state index contributed by atoms with van der Waals surface area (Å²) in [4.78, 5) is 48.0. The third-order valence-corrected chi connectivity index (χ3v) is 12.5. The van der Waals surface area contributed by atoms with Crippen LogP contribution < -0.4 is 19.5 Å². The van der Waals surface area contributed by atoms with Crippen molar-refractivity contribution < 1.29 is 32.3 Å². The normalized spacial score (nSPS) is 31.1. The number of aromatic nitrogens is 1. The summed E-state index contributed by atoms with van der Waals surface area (Å²) in [6.07, 6.45) is 7.57. The van der Waals surface area contributed by atoms with E-state index in [2.05, 4.69) is 28.9 Å². The summed E-state index contributed by atoms with van der Waals surface area (Å²) < 4.78 is 39.8. The summed E-state index contributed by atoms with van der Waals surface area (Å²) >= 11 is 0. The molecule has 3 fully saturated rings. The number of carbonyl (C=O) groups excluding carboxylic acids is 3. The second-order valence-electron chi connectivity index (χ2n) is 15.0. The van der Waals surface area contributed by atoms with Crippen LogP contribution in [0.4, 0.5) is 0 Å². The van der Waals surface area contributed by atoms with Crippen LogP contribution in [0.25, 0.3) is 10.8 Å². The van der Waals surface area contributed by atoms with Gasteiger partial charge in [-0.3, -0.25) is 19.1 Å². The second kappa shape index (κ2) is 13.0. The molecule has 2 aliphatic carbocycles. The summed E-state index contributed by atoms with van der Waals surface area (Å²) in [5.74, 6) is -0.483. The molecule has 2 N–H and O–H groups in total. The second-order valence-corrected chi connectivity index (χ2v) is 17.2. The number of allylic oxidation sites excluding steroid dienone is 1. The molecule has 0 radical (unpaired) electrons. The number of hydrogen-bond acceptors (Lipinski definition) is 8. The predicted molar refractivity (Wildman–Crippen MR) is 182 cm³/mol. The number of amides is 3. The number of nitrogens with zero attached hydrogens (tertiary/aromatic N) is 2. The van der Waals surface area contributed by atoms with Gasteiger partial charge in [0.25, 0.3) is 5.91 Å². The van der Waals surface area contributed by atoms with Crippen LogP contribution in [0.15, 0.2) is 42.5 Å². The Kier molecular flexibility index (Phi) is 9.25. The fourth-order valence-electron chi connectivity index (χ4n) is 7.11. The Hall–Kier alpha value is -3.67. The third-order valence-electron chi connectivity index (χ3n) is 10.3. The van der Waals surface area contributed by atoms with E-state index in [0.717, 1.165) is 30.0 Å². The predicted octanol–water partition coefficient (Wildman–Crippen LogP) is 4.65. The van der Waals surface area contributed by atoms with Crippen molar-refractivity contribution in [3.8, 4) is 11.8 Å². The number of rotatable bonds is 7. The molecule has 1 aromatic carbocycles. The minimum atomic E-state index is -3.92. The van der Waals surface area contributed by atoms with Crippen LogP contribution >= 0.6 is 0 Å². The van der Waals surface area contributed by atoms with Crippen LogP contribution in [0.1, 0.15) is 86.0 Å². The molecule has 1 aromatic heterocycles. The number of hydrogen-bond donors (Lipinski definition) is 2. The highest BCUT2D eigenvalue weighted by Crippen LogP contribution is 2.47. The maximum atomic E-state index is 14.2. The van der Waals surface area contributed by atoms with Crippen molar-refractivity contribution in [3.63, 3.8) is 0 Å². The van der Waals surface area contributed by atoms with Crippen LogP contribution in [0.2, 0.25) is 0 Å². The zero-order chi connectivity index (χ0) is 34.4. The van der Waals surface area contributed by atoms with E-state index in [1.54, 1.807) is 11.8 Å². The first-order chi connectivity index (χ1) is 22.7. The molecule has 3 heterocycles. The average Bonchev–Trinajstić information content (AvgIpc) is 3.88. The van der Waals surface area contributed by atoms with E-state index in [1.807, 2.05) is 56.3 Å². The maximum absolute atomic E-state index is 14.2. The Morgan fingerprint density at radius 3 is 2.60 bits per heavy atom. The van der Waals surface area contributed by atoms with Gasteiger partial charge in [0.2, 0.25) is 33.6 Å². The fraction of sp³-hybridized carbons (Fsp3) is 0.611. The van der Waals surface area contributed by atoms with Crippen LogP contribution in [-0.4, -0.2) is 71.1 Å². The van der Waals surface area contributed by atoms with Crippen molar-refractivity contribution in [1.29, 1.82) is 0 Å². The van der Waals surface area contributed by atoms with E-state index >= 15 is 0 Å². The SMILES string of the molecule is CC(C)Oc1cc2ccccc2c(O[C@@H]2C[C@H]3C(=O)N[C@]4(C(=O)NS(=O)(=O)C5(C)CC5)CC4/C=C\CC[C@@H](C)C[C@@H](C)CC(=O)N3C2)n1. The number of nitrogens with one attached hydrogen (secondary N) is 2. The average molecular weight is 681 g/mol. The molecule has 11 nitrogen and oxygen atoms in total. The first-order valence-corrected chi connectivity index (χ1v) is 18.8. The van der Waals surface area contributed by atoms with Gasteiger partial charge < -0.3 is 19.7 Å². The lowest BCUT2D eigenvalue weighted by atomic mass is 9.91. The Morgan fingerprint density at radius 2 is 1.88 bits per heavy atom. The number of sulfonamides is 1. The van der Waals surface area contributed by atoms with Crippen molar-refractivity contribution >= 4 is 38.5 Å². The van der Waals surface area contributed by atoms with E-state index in [1.165, 1.54) is 0 Å². The molecule has 3 amide bonds. The zero-order valence-corrected chi connectivity index (χ0v) is 29.3. The first kappa shape index (κ1) is 34.2. The van der Waals surface area contributed by atoms with Gasteiger partial charge in [0, 0.05) is 30.2 Å². The summed E-state index contributed by atoms with van der Waals surface area (Å²) in [5, 5.41) is 4.61. The monoisotopic (exact) mass is 680 g/mol. The molecule has 12 heteroatoms. The Morgan fingerprint density at radius 1 is 1.12 bits per heavy atom. The molecule has 2 aromatic rings. The fourth-order valence-corrected chi connectivity index (χ4v) is 8.42. The number of benzene rings is 1. The maximum Gasteiger partial charge on any atom is 0.259 e. The zero-order valence-electron chi connectivity index (χ0n) is 28.5. The number of carbonyl (C=O) groups is 3. The van der Waals surface area contributed by atoms with Crippen LogP contribution in [-0.2, 0) is 24.4 Å². The highest BCUT2D eigenvalue weighted by Gasteiger charge is 2.63. The summed E-state index contributed by atoms with van der Waals surface area (Å²) in [7, 11) is -3.92. The summed E-state index contributed by atoms with van der Waals surface area (Å²) in [5.41, 5.74) is -1.42. The van der Waals surface area contributed by atoms with Crippen LogP contribution in [0.5, 0.6) is 11.8 Å². The van der Waals surface area contributed by atoms with Crippen molar-refractivity contribution in [1.82, 2.24) is 19.9 Å². The number of pyridine rings is 1. The van der Waals surface area contributed by atoms with Crippen LogP contribution in [0, 0.1) is 17.8 Å². The molecule has 1 saturated heterocycles. The Labute approximate surface area is 283 Å². The van der Waals surface area contributed by atoms with Gasteiger partial charge in [0.1, 0.15) is 17.7 Å². The van der Waals surface area contributed by atoms with Gasteiger partial charge in [0.15, 0.2) is 0 Å². The number of fused-ring (bicyclic) bond motifs is 3. The van der Waals surface area contributed by atoms with Gasteiger partial charge in [-0.05, 0) is 82.6 Å². The largest absolute Gasteiger partial charge is 0.475 e. The first-order valence-electron chi connectivity index (χ1n) is 17.3. The van der Waals surface area contributed by atoms with Gasteiger partial charge in [-0.25, -0.2) is 8.42 Å². The molecule has 1 unspecified atom stereocenters. The standard InChI is InChI=1S/C36H48N4O7S/c1-22(2)46-30-18-25-11-7-9-13-28(25)33(37-30)47-27-19-29-32(42)38-36(34(43)39-48(44,45)35(5)14-15-35)20-26(36)12-8-6-10-23(3)16-24(4)17-31(41)40(29)21-27/h7-9,11-13,18,22-24,26-27,29H,6,10,14-17,19-21H2,1-5H3,(H,38,42)(H,39,43)/b12-8-/t23-,24-,26?,27-,29+,36-/m1/s1. The molecular weight excluding hydrogens is 632 g/mol. The van der Waals surface area contributed by atoms with Gasteiger partial charge in [-0.1, -0.05) is 44.2 Å². The minimum absolute atomic E-state index is 0.100. The van der Waals surface area contributed by atoms with E-state index in [4.69, 9.17) is 9.47 Å². The molecule has 6 atom stereocenters. The van der Waals surface area contributed by atoms with Gasteiger partial charge in [-0.15, -0.1) is 0 Å². The van der Waals surface area contributed by atoms with Gasteiger partial charge >= 0.3 is 0 Å². The van der Waals surface area contributed by atoms with Crippen LogP contribution in [0.3, 0.4) is 0 Å². The van der Waals surface area contributed by atoms with Gasteiger partial charge in [0.05, 0.1) is 17.4 Å². The lowest BCUT2D eigenvalue weighted by Crippen LogP contribution is -2.57. The highest BCUT2D eigenvalue weighted by atomic mass is 32.2. The lowest BCUT2D eigenvalue weighted by molar-refractivity contribution is -0.140. The van der Waals surface area contributed by atoms with Gasteiger partial charge in [-0.2, -0.15) is 4.98 Å². The van der Waals surface area contributed by atoms with Crippen molar-refractivity contribution in [2.75, 3.05) is 6.54 Å². The van der Waals surface area contributed by atoms with Crippen molar-refractivity contribution in [3.05, 3.63) is 42.5 Å². The molecule has 6 rings (SSSR count). The quantitative estimate of drug-likeness (QED) is 0.403. The topological polar surface area (TPSA) is 144 Å². The smallest absolute Gasteiger partial charge is 0.259 e. The number of ether oxygens (including phenoxy) is 2. The van der Waals surface area contributed by atoms with Crippen molar-refractivity contribution in [2.24, 2.45) is 17.8 Å². The molecule has 0 spiro atoms. The minimum Gasteiger partial charge on any atom is -0.475 e. The lowest BCUT2D eigenvalue weighted by Gasteiger charge is -2.28. The Bertz CT molecular complexity index is 1720. The highest BCUT2D eigenvalue weighted by molar-refractivity contribution is 7.91. The Balaban J connectivity index is 1.29. The summed E-state index contributed by atoms with van der Waals surface area (Å²) in [6, 6.07) is 8.62. The van der Waals surface area contributed by atoms with E-state index in [0.29, 0.717) is 30.5 Å². The molecular formula is C36H48N4O7S. The molecule has 260 valence electrons. The molecule has 2 aliphatic heterocycles. The van der Waals surface area contributed by atoms with E-state index in [9.17, 15) is 22.8 Å².